The van der Waals surface area contributed by atoms with Crippen LogP contribution in [0.5, 0.6) is 0 Å². The summed E-state index contributed by atoms with van der Waals surface area (Å²) in [6.45, 7) is 3.40. The molecule has 0 radical (unpaired) electrons. The molecule has 0 aromatic heterocycles. The van der Waals surface area contributed by atoms with Gasteiger partial charge in [-0.2, -0.15) is 0 Å². The monoisotopic (exact) mass is 350 g/mol. The van der Waals surface area contributed by atoms with Gasteiger partial charge in [0.05, 0.1) is 18.8 Å². The summed E-state index contributed by atoms with van der Waals surface area (Å²) in [6.07, 6.45) is 20.6. The Kier molecular flexibility index (Phi) is 8.11. The quantitative estimate of drug-likeness (QED) is 0.531. The maximum Gasteiger partial charge on any atom is 0.0575 e. The standard InChI is InChI=1S/C23H42O2/c1-3-4-18-5-10-20(11-6-18)21-12-16-23(25-17-21)15-9-19-7-13-22(24-2)14-8-19/h18-23H,3-17H2,1-2H3. The SMILES string of the molecule is CCCC1CCC(C2CCC(CCC3CCC(OC)CC3)OC2)CC1. The second kappa shape index (κ2) is 10.3. The second-order valence-electron chi connectivity index (χ2n) is 9.32. The Morgan fingerprint density at radius 1 is 0.720 bits per heavy atom. The van der Waals surface area contributed by atoms with Gasteiger partial charge in [-0.3, -0.25) is 0 Å². The van der Waals surface area contributed by atoms with E-state index in [0.717, 1.165) is 30.3 Å². The van der Waals surface area contributed by atoms with E-state index in [1.807, 2.05) is 7.11 Å². The minimum Gasteiger partial charge on any atom is -0.381 e. The highest BCUT2D eigenvalue weighted by molar-refractivity contribution is 4.82. The van der Waals surface area contributed by atoms with E-state index in [0.29, 0.717) is 12.2 Å². The van der Waals surface area contributed by atoms with Gasteiger partial charge in [-0.25, -0.2) is 0 Å². The molecule has 2 saturated carbocycles. The molecule has 1 saturated heterocycles. The van der Waals surface area contributed by atoms with E-state index in [9.17, 15) is 0 Å². The van der Waals surface area contributed by atoms with Gasteiger partial charge in [-0.1, -0.05) is 32.6 Å². The third kappa shape index (κ3) is 5.96. The first kappa shape index (κ1) is 19.7. The lowest BCUT2D eigenvalue weighted by atomic mass is 9.72. The van der Waals surface area contributed by atoms with E-state index in [2.05, 4.69) is 6.92 Å². The Balaban J connectivity index is 1.29. The molecule has 0 spiro atoms. The van der Waals surface area contributed by atoms with Crippen molar-refractivity contribution in [1.29, 1.82) is 0 Å². The molecule has 3 fully saturated rings. The molecule has 0 N–H and O–H groups in total. The molecule has 25 heavy (non-hydrogen) atoms. The van der Waals surface area contributed by atoms with Crippen LogP contribution in [0.2, 0.25) is 0 Å². The first-order valence-electron chi connectivity index (χ1n) is 11.4. The van der Waals surface area contributed by atoms with Gasteiger partial charge in [-0.05, 0) is 87.9 Å². The summed E-state index contributed by atoms with van der Waals surface area (Å²) in [5, 5.41) is 0. The maximum atomic E-state index is 6.33. The van der Waals surface area contributed by atoms with Crippen molar-refractivity contribution >= 4 is 0 Å². The minimum absolute atomic E-state index is 0.537. The van der Waals surface area contributed by atoms with E-state index in [1.54, 1.807) is 0 Å². The Labute approximate surface area is 156 Å². The van der Waals surface area contributed by atoms with Crippen LogP contribution in [0.25, 0.3) is 0 Å². The molecule has 2 heteroatoms. The molecule has 2 unspecified atom stereocenters. The van der Waals surface area contributed by atoms with E-state index in [-0.39, 0.29) is 0 Å². The molecule has 3 rings (SSSR count). The Morgan fingerprint density at radius 2 is 1.36 bits per heavy atom. The van der Waals surface area contributed by atoms with Crippen molar-refractivity contribution in [2.24, 2.45) is 23.7 Å². The van der Waals surface area contributed by atoms with Crippen molar-refractivity contribution < 1.29 is 9.47 Å². The summed E-state index contributed by atoms with van der Waals surface area (Å²) in [6, 6.07) is 0. The van der Waals surface area contributed by atoms with Gasteiger partial charge in [0.15, 0.2) is 0 Å². The van der Waals surface area contributed by atoms with Gasteiger partial charge >= 0.3 is 0 Å². The first-order chi connectivity index (χ1) is 12.3. The number of methoxy groups -OCH3 is 1. The number of hydrogen-bond acceptors (Lipinski definition) is 2. The fourth-order valence-corrected chi connectivity index (χ4v) is 5.86. The van der Waals surface area contributed by atoms with E-state index < -0.39 is 0 Å². The van der Waals surface area contributed by atoms with Gasteiger partial charge in [-0.15, -0.1) is 0 Å². The van der Waals surface area contributed by atoms with Crippen molar-refractivity contribution in [2.45, 2.75) is 109 Å². The number of ether oxygens (including phenoxy) is 2. The average molecular weight is 351 g/mol. The molecular formula is C23H42O2. The molecule has 2 nitrogen and oxygen atoms in total. The van der Waals surface area contributed by atoms with E-state index in [1.165, 1.54) is 89.9 Å². The number of hydrogen-bond donors (Lipinski definition) is 0. The summed E-state index contributed by atoms with van der Waals surface area (Å²) in [5.74, 6) is 3.81. The molecule has 0 bridgehead atoms. The third-order valence-corrected chi connectivity index (χ3v) is 7.68. The van der Waals surface area contributed by atoms with E-state index >= 15 is 0 Å². The van der Waals surface area contributed by atoms with Crippen molar-refractivity contribution in [1.82, 2.24) is 0 Å². The summed E-state index contributed by atoms with van der Waals surface area (Å²) in [7, 11) is 1.87. The van der Waals surface area contributed by atoms with Crippen LogP contribution in [0.1, 0.15) is 96.8 Å². The van der Waals surface area contributed by atoms with Gasteiger partial charge < -0.3 is 9.47 Å². The molecule has 2 atom stereocenters. The predicted molar refractivity (Wildman–Crippen MR) is 105 cm³/mol. The van der Waals surface area contributed by atoms with Gasteiger partial charge in [0, 0.05) is 7.11 Å². The van der Waals surface area contributed by atoms with Crippen LogP contribution in [-0.4, -0.2) is 25.9 Å². The minimum atomic E-state index is 0.537. The van der Waals surface area contributed by atoms with Crippen molar-refractivity contribution in [3.63, 3.8) is 0 Å². The van der Waals surface area contributed by atoms with Crippen LogP contribution < -0.4 is 0 Å². The van der Waals surface area contributed by atoms with Gasteiger partial charge in [0.2, 0.25) is 0 Å². The van der Waals surface area contributed by atoms with Crippen molar-refractivity contribution in [2.75, 3.05) is 13.7 Å². The lowest BCUT2D eigenvalue weighted by molar-refractivity contribution is -0.0455. The zero-order valence-electron chi connectivity index (χ0n) is 16.9. The highest BCUT2D eigenvalue weighted by atomic mass is 16.5. The first-order valence-corrected chi connectivity index (χ1v) is 11.4. The van der Waals surface area contributed by atoms with Gasteiger partial charge in [0.1, 0.15) is 0 Å². The lowest BCUT2D eigenvalue weighted by Crippen LogP contribution is -2.32. The molecule has 0 aromatic carbocycles. The number of rotatable bonds is 7. The van der Waals surface area contributed by atoms with Crippen LogP contribution in [0.3, 0.4) is 0 Å². The Bertz CT molecular complexity index is 345. The smallest absolute Gasteiger partial charge is 0.0575 e. The molecule has 1 heterocycles. The summed E-state index contributed by atoms with van der Waals surface area (Å²) in [5.41, 5.74) is 0. The molecule has 3 aliphatic rings. The van der Waals surface area contributed by atoms with Crippen LogP contribution in [0, 0.1) is 23.7 Å². The molecule has 0 aromatic rings. The lowest BCUT2D eigenvalue weighted by Gasteiger charge is -2.38. The molecule has 2 aliphatic carbocycles. The van der Waals surface area contributed by atoms with Crippen molar-refractivity contribution in [3.8, 4) is 0 Å². The topological polar surface area (TPSA) is 18.5 Å². The fraction of sp³-hybridized carbons (Fsp3) is 1.00. The molecule has 0 amide bonds. The van der Waals surface area contributed by atoms with Crippen LogP contribution in [-0.2, 0) is 9.47 Å². The molecule has 146 valence electrons. The van der Waals surface area contributed by atoms with E-state index in [4.69, 9.17) is 9.47 Å². The Morgan fingerprint density at radius 3 is 1.96 bits per heavy atom. The second-order valence-corrected chi connectivity index (χ2v) is 9.32. The normalized spacial score (nSPS) is 40.1. The van der Waals surface area contributed by atoms with Crippen LogP contribution in [0.4, 0.5) is 0 Å². The fourth-order valence-electron chi connectivity index (χ4n) is 5.86. The maximum absolute atomic E-state index is 6.33. The summed E-state index contributed by atoms with van der Waals surface area (Å²) < 4.78 is 11.8. The third-order valence-electron chi connectivity index (χ3n) is 7.68. The zero-order chi connectivity index (χ0) is 17.5. The van der Waals surface area contributed by atoms with Crippen LogP contribution >= 0.6 is 0 Å². The largest absolute Gasteiger partial charge is 0.381 e. The van der Waals surface area contributed by atoms with Gasteiger partial charge in [0.25, 0.3) is 0 Å². The summed E-state index contributed by atoms with van der Waals surface area (Å²) >= 11 is 0. The molecular weight excluding hydrogens is 308 g/mol. The summed E-state index contributed by atoms with van der Waals surface area (Å²) in [4.78, 5) is 0. The average Bonchev–Trinajstić information content (AvgIpc) is 2.68. The molecule has 1 aliphatic heterocycles. The highest BCUT2D eigenvalue weighted by Crippen LogP contribution is 2.39. The van der Waals surface area contributed by atoms with Crippen molar-refractivity contribution in [3.05, 3.63) is 0 Å². The predicted octanol–water partition coefficient (Wildman–Crippen LogP) is 6.37. The van der Waals surface area contributed by atoms with Crippen LogP contribution in [0.15, 0.2) is 0 Å². The highest BCUT2D eigenvalue weighted by Gasteiger charge is 2.31. The zero-order valence-corrected chi connectivity index (χ0v) is 16.9. The Hall–Kier alpha value is -0.0800.